The summed E-state index contributed by atoms with van der Waals surface area (Å²) in [6.07, 6.45) is 0.881. The monoisotopic (exact) mass is 293 g/mol. The van der Waals surface area contributed by atoms with Gasteiger partial charge in [0.25, 0.3) is 5.91 Å². The van der Waals surface area contributed by atoms with Crippen LogP contribution >= 0.6 is 22.9 Å². The number of carbonyl (C=O) groups excluding carboxylic acids is 1. The van der Waals surface area contributed by atoms with Crippen LogP contribution in [0.15, 0.2) is 41.8 Å². The van der Waals surface area contributed by atoms with Crippen molar-refractivity contribution in [3.8, 4) is 0 Å². The molecule has 0 fully saturated rings. The number of hydrogen-bond acceptors (Lipinski definition) is 2. The van der Waals surface area contributed by atoms with E-state index in [4.69, 9.17) is 11.6 Å². The largest absolute Gasteiger partial charge is 0.344 e. The van der Waals surface area contributed by atoms with E-state index in [-0.39, 0.29) is 11.9 Å². The van der Waals surface area contributed by atoms with E-state index in [1.807, 2.05) is 35.7 Å². The molecule has 0 aliphatic carbocycles. The fourth-order valence-corrected chi connectivity index (χ4v) is 2.89. The Morgan fingerprint density at radius 1 is 1.32 bits per heavy atom. The Hall–Kier alpha value is -1.32. The first-order chi connectivity index (χ1) is 9.24. The average molecular weight is 294 g/mol. The van der Waals surface area contributed by atoms with Crippen molar-refractivity contribution >= 4 is 28.8 Å². The second-order valence-electron chi connectivity index (χ2n) is 4.28. The molecule has 1 N–H and O–H groups in total. The van der Waals surface area contributed by atoms with Gasteiger partial charge in [-0.15, -0.1) is 22.9 Å². The van der Waals surface area contributed by atoms with Gasteiger partial charge >= 0.3 is 0 Å². The number of benzene rings is 1. The van der Waals surface area contributed by atoms with Crippen LogP contribution in [0.25, 0.3) is 0 Å². The van der Waals surface area contributed by atoms with Crippen LogP contribution in [0.2, 0.25) is 0 Å². The molecule has 1 atom stereocenters. The summed E-state index contributed by atoms with van der Waals surface area (Å²) < 4.78 is 0. The summed E-state index contributed by atoms with van der Waals surface area (Å²) in [4.78, 5) is 13.4. The van der Waals surface area contributed by atoms with Crippen molar-refractivity contribution in [2.75, 3.05) is 0 Å². The summed E-state index contributed by atoms with van der Waals surface area (Å²) in [5.41, 5.74) is 1.69. The molecular formula is C15H16ClNOS. The lowest BCUT2D eigenvalue weighted by molar-refractivity contribution is 0.0936. The van der Waals surface area contributed by atoms with E-state index in [2.05, 4.69) is 18.3 Å². The summed E-state index contributed by atoms with van der Waals surface area (Å²) in [6, 6.07) is 11.5. The first-order valence-electron chi connectivity index (χ1n) is 6.23. The first kappa shape index (κ1) is 14.1. The summed E-state index contributed by atoms with van der Waals surface area (Å²) >= 11 is 7.40. The predicted octanol–water partition coefficient (Wildman–Crippen LogP) is 4.37. The van der Waals surface area contributed by atoms with Gasteiger partial charge in [0.05, 0.1) is 6.04 Å². The standard InChI is InChI=1S/C15H16ClNOS/c1-2-13(14-4-3-9-19-14)17-15(18)12-7-5-11(10-16)6-8-12/h3-9,13H,2,10H2,1H3,(H,17,18). The number of nitrogens with one attached hydrogen (secondary N) is 1. The maximum absolute atomic E-state index is 12.2. The zero-order valence-electron chi connectivity index (χ0n) is 10.7. The Bertz CT molecular complexity index is 522. The van der Waals surface area contributed by atoms with Gasteiger partial charge < -0.3 is 5.32 Å². The first-order valence-corrected chi connectivity index (χ1v) is 7.65. The highest BCUT2D eigenvalue weighted by atomic mass is 35.5. The molecule has 0 spiro atoms. The number of rotatable bonds is 5. The minimum Gasteiger partial charge on any atom is -0.344 e. The predicted molar refractivity (Wildman–Crippen MR) is 80.8 cm³/mol. The highest BCUT2D eigenvalue weighted by Gasteiger charge is 2.14. The maximum atomic E-state index is 12.2. The molecule has 0 aliphatic heterocycles. The van der Waals surface area contributed by atoms with Crippen LogP contribution < -0.4 is 5.32 Å². The minimum absolute atomic E-state index is 0.0404. The van der Waals surface area contributed by atoms with Gasteiger partial charge in [-0.3, -0.25) is 4.79 Å². The Labute approximate surface area is 122 Å². The van der Waals surface area contributed by atoms with Crippen molar-refractivity contribution in [3.63, 3.8) is 0 Å². The minimum atomic E-state index is -0.0404. The smallest absolute Gasteiger partial charge is 0.251 e. The van der Waals surface area contributed by atoms with Gasteiger partial charge in [-0.2, -0.15) is 0 Å². The quantitative estimate of drug-likeness (QED) is 0.815. The number of amides is 1. The number of alkyl halides is 1. The third-order valence-electron chi connectivity index (χ3n) is 2.97. The third kappa shape index (κ3) is 3.58. The molecular weight excluding hydrogens is 278 g/mol. The van der Waals surface area contributed by atoms with E-state index >= 15 is 0 Å². The number of thiophene rings is 1. The molecule has 1 aromatic heterocycles. The zero-order chi connectivity index (χ0) is 13.7. The molecule has 1 heterocycles. The van der Waals surface area contributed by atoms with E-state index < -0.39 is 0 Å². The summed E-state index contributed by atoms with van der Waals surface area (Å²) in [5.74, 6) is 0.427. The average Bonchev–Trinajstić information content (AvgIpc) is 2.98. The summed E-state index contributed by atoms with van der Waals surface area (Å²) in [7, 11) is 0. The molecule has 19 heavy (non-hydrogen) atoms. The molecule has 0 saturated heterocycles. The highest BCUT2D eigenvalue weighted by Crippen LogP contribution is 2.22. The lowest BCUT2D eigenvalue weighted by Crippen LogP contribution is -2.27. The topological polar surface area (TPSA) is 29.1 Å². The van der Waals surface area contributed by atoms with Gasteiger partial charge in [0.15, 0.2) is 0 Å². The van der Waals surface area contributed by atoms with Crippen LogP contribution in [0.3, 0.4) is 0 Å². The van der Waals surface area contributed by atoms with Crippen LogP contribution in [-0.4, -0.2) is 5.91 Å². The molecule has 4 heteroatoms. The zero-order valence-corrected chi connectivity index (χ0v) is 12.3. The van der Waals surface area contributed by atoms with Gasteiger partial charge in [0, 0.05) is 16.3 Å². The van der Waals surface area contributed by atoms with Crippen LogP contribution in [0.4, 0.5) is 0 Å². The van der Waals surface area contributed by atoms with Crippen molar-refractivity contribution in [1.82, 2.24) is 5.32 Å². The van der Waals surface area contributed by atoms with Crippen LogP contribution in [0.5, 0.6) is 0 Å². The van der Waals surface area contributed by atoms with Gasteiger partial charge in [-0.25, -0.2) is 0 Å². The molecule has 2 nitrogen and oxygen atoms in total. The van der Waals surface area contributed by atoms with E-state index in [0.717, 1.165) is 12.0 Å². The maximum Gasteiger partial charge on any atom is 0.251 e. The molecule has 100 valence electrons. The van der Waals surface area contributed by atoms with E-state index in [1.54, 1.807) is 11.3 Å². The van der Waals surface area contributed by atoms with Gasteiger partial charge in [0.2, 0.25) is 0 Å². The van der Waals surface area contributed by atoms with Gasteiger partial charge in [-0.1, -0.05) is 25.1 Å². The fourth-order valence-electron chi connectivity index (χ4n) is 1.85. The van der Waals surface area contributed by atoms with Crippen LogP contribution in [0.1, 0.15) is 40.2 Å². The Kier molecular flexibility index (Phi) is 5.00. The molecule has 0 radical (unpaired) electrons. The SMILES string of the molecule is CCC(NC(=O)c1ccc(CCl)cc1)c1cccs1. The second-order valence-corrected chi connectivity index (χ2v) is 5.53. The normalized spacial score (nSPS) is 12.1. The van der Waals surface area contributed by atoms with Gasteiger partial charge in [-0.05, 0) is 35.6 Å². The van der Waals surface area contributed by atoms with Crippen LogP contribution in [-0.2, 0) is 5.88 Å². The summed E-state index contributed by atoms with van der Waals surface area (Å²) in [6.45, 7) is 2.07. The number of hydrogen-bond donors (Lipinski definition) is 1. The lowest BCUT2D eigenvalue weighted by atomic mass is 10.1. The molecule has 1 amide bonds. The number of carbonyl (C=O) groups is 1. The molecule has 0 bridgehead atoms. The summed E-state index contributed by atoms with van der Waals surface area (Å²) in [5, 5.41) is 5.09. The van der Waals surface area contributed by atoms with E-state index in [0.29, 0.717) is 11.4 Å². The Morgan fingerprint density at radius 2 is 2.05 bits per heavy atom. The fraction of sp³-hybridized carbons (Fsp3) is 0.267. The van der Waals surface area contributed by atoms with E-state index in [9.17, 15) is 4.79 Å². The Morgan fingerprint density at radius 3 is 2.58 bits per heavy atom. The second kappa shape index (κ2) is 6.73. The molecule has 0 aliphatic rings. The van der Waals surface area contributed by atoms with Crippen molar-refractivity contribution < 1.29 is 4.79 Å². The van der Waals surface area contributed by atoms with Gasteiger partial charge in [0.1, 0.15) is 0 Å². The highest BCUT2D eigenvalue weighted by molar-refractivity contribution is 7.10. The molecule has 0 saturated carbocycles. The lowest BCUT2D eigenvalue weighted by Gasteiger charge is -2.15. The molecule has 2 aromatic rings. The van der Waals surface area contributed by atoms with Crippen molar-refractivity contribution in [2.24, 2.45) is 0 Å². The third-order valence-corrected chi connectivity index (χ3v) is 4.27. The number of halogens is 1. The molecule has 2 rings (SSSR count). The molecule has 1 aromatic carbocycles. The van der Waals surface area contributed by atoms with Crippen molar-refractivity contribution in [1.29, 1.82) is 0 Å². The van der Waals surface area contributed by atoms with E-state index in [1.165, 1.54) is 4.88 Å². The van der Waals surface area contributed by atoms with Crippen molar-refractivity contribution in [3.05, 3.63) is 57.8 Å². The van der Waals surface area contributed by atoms with Crippen molar-refractivity contribution in [2.45, 2.75) is 25.3 Å². The molecule has 1 unspecified atom stereocenters. The Balaban J connectivity index is 2.06. The van der Waals surface area contributed by atoms with Crippen LogP contribution in [0, 0.1) is 0 Å².